The number of nitrogens with one attached hydrogen (secondary N) is 1. The highest BCUT2D eigenvalue weighted by Crippen LogP contribution is 2.29. The van der Waals surface area contributed by atoms with E-state index in [0.717, 1.165) is 32.3 Å². The highest BCUT2D eigenvalue weighted by atomic mass is 35.5. The molecule has 0 bridgehead atoms. The summed E-state index contributed by atoms with van der Waals surface area (Å²) in [6, 6.07) is 5.29. The Morgan fingerprint density at radius 3 is 3.04 bits per heavy atom. The van der Waals surface area contributed by atoms with E-state index in [1.807, 2.05) is 0 Å². The van der Waals surface area contributed by atoms with Crippen molar-refractivity contribution >= 4 is 23.2 Å². The van der Waals surface area contributed by atoms with Gasteiger partial charge in [-0.15, -0.1) is 0 Å². The van der Waals surface area contributed by atoms with E-state index in [1.165, 1.54) is 0 Å². The summed E-state index contributed by atoms with van der Waals surface area (Å²) in [6.45, 7) is 5.52. The summed E-state index contributed by atoms with van der Waals surface area (Å²) < 4.78 is 11.4. The molecule has 1 saturated heterocycles. The Morgan fingerprint density at radius 1 is 1.52 bits per heavy atom. The quantitative estimate of drug-likeness (QED) is 0.749. The summed E-state index contributed by atoms with van der Waals surface area (Å²) in [4.78, 5) is 12.2. The van der Waals surface area contributed by atoms with E-state index in [0.29, 0.717) is 35.4 Å². The van der Waals surface area contributed by atoms with Crippen molar-refractivity contribution in [2.45, 2.75) is 52.1 Å². The second-order valence-electron chi connectivity index (χ2n) is 6.23. The van der Waals surface area contributed by atoms with Gasteiger partial charge in [-0.3, -0.25) is 4.79 Å². The minimum Gasteiger partial charge on any atom is -0.489 e. The van der Waals surface area contributed by atoms with Gasteiger partial charge in [-0.25, -0.2) is 0 Å². The lowest BCUT2D eigenvalue weighted by molar-refractivity contribution is -0.117. The number of amides is 1. The molecule has 2 atom stereocenters. The standard InChI is InChI=1S/C18H26ClNO3/c1-3-5-13(2)10-18(21)20-16-11-14(19)7-8-17(16)23-12-15-6-4-9-22-15/h7-8,11,13,15H,3-6,9-10,12H2,1-2H3,(H,20,21). The van der Waals surface area contributed by atoms with Crippen LogP contribution in [0.1, 0.15) is 46.0 Å². The Morgan fingerprint density at radius 2 is 2.35 bits per heavy atom. The number of rotatable bonds is 8. The Kier molecular flexibility index (Phi) is 7.18. The average molecular weight is 340 g/mol. The number of ether oxygens (including phenoxy) is 2. The Hall–Kier alpha value is -1.26. The van der Waals surface area contributed by atoms with Crippen LogP contribution in [-0.4, -0.2) is 25.2 Å². The maximum Gasteiger partial charge on any atom is 0.224 e. The topological polar surface area (TPSA) is 47.6 Å². The van der Waals surface area contributed by atoms with Gasteiger partial charge in [-0.2, -0.15) is 0 Å². The van der Waals surface area contributed by atoms with Gasteiger partial charge in [0.1, 0.15) is 12.4 Å². The van der Waals surface area contributed by atoms with E-state index >= 15 is 0 Å². The number of carbonyl (C=O) groups excluding carboxylic acids is 1. The molecule has 0 radical (unpaired) electrons. The largest absolute Gasteiger partial charge is 0.489 e. The lowest BCUT2D eigenvalue weighted by Gasteiger charge is -2.16. The minimum atomic E-state index is -0.00446. The van der Waals surface area contributed by atoms with E-state index in [2.05, 4.69) is 19.2 Å². The molecule has 2 unspecified atom stereocenters. The minimum absolute atomic E-state index is 0.00446. The first-order valence-corrected chi connectivity index (χ1v) is 8.80. The Labute approximate surface area is 143 Å². The normalized spacial score (nSPS) is 18.7. The molecule has 128 valence electrons. The number of hydrogen-bond acceptors (Lipinski definition) is 3. The van der Waals surface area contributed by atoms with Crippen molar-refractivity contribution in [2.75, 3.05) is 18.5 Å². The second-order valence-corrected chi connectivity index (χ2v) is 6.67. The SMILES string of the molecule is CCCC(C)CC(=O)Nc1cc(Cl)ccc1OCC1CCCO1. The molecule has 0 spiro atoms. The summed E-state index contributed by atoms with van der Waals surface area (Å²) >= 11 is 6.05. The van der Waals surface area contributed by atoms with Crippen LogP contribution in [0.15, 0.2) is 18.2 Å². The lowest BCUT2D eigenvalue weighted by Crippen LogP contribution is -2.19. The van der Waals surface area contributed by atoms with E-state index < -0.39 is 0 Å². The number of benzene rings is 1. The zero-order chi connectivity index (χ0) is 16.7. The molecule has 1 fully saturated rings. The van der Waals surface area contributed by atoms with Crippen molar-refractivity contribution in [2.24, 2.45) is 5.92 Å². The van der Waals surface area contributed by atoms with Crippen molar-refractivity contribution < 1.29 is 14.3 Å². The van der Waals surface area contributed by atoms with E-state index in [9.17, 15) is 4.79 Å². The van der Waals surface area contributed by atoms with Crippen molar-refractivity contribution in [3.63, 3.8) is 0 Å². The van der Waals surface area contributed by atoms with Crippen LogP contribution in [0.25, 0.3) is 0 Å². The van der Waals surface area contributed by atoms with Crippen molar-refractivity contribution in [3.05, 3.63) is 23.2 Å². The molecule has 1 heterocycles. The van der Waals surface area contributed by atoms with Crippen LogP contribution in [0.2, 0.25) is 5.02 Å². The first kappa shape index (κ1) is 18.1. The molecule has 1 aromatic carbocycles. The maximum atomic E-state index is 12.2. The Balaban J connectivity index is 1.95. The highest BCUT2D eigenvalue weighted by Gasteiger charge is 2.18. The van der Waals surface area contributed by atoms with Crippen LogP contribution in [0.3, 0.4) is 0 Å². The van der Waals surface area contributed by atoms with Crippen LogP contribution in [0, 0.1) is 5.92 Å². The molecule has 1 amide bonds. The van der Waals surface area contributed by atoms with Gasteiger partial charge in [-0.05, 0) is 37.0 Å². The van der Waals surface area contributed by atoms with Crippen molar-refractivity contribution in [3.8, 4) is 5.75 Å². The lowest BCUT2D eigenvalue weighted by atomic mass is 10.0. The predicted molar refractivity (Wildman–Crippen MR) is 93.2 cm³/mol. The van der Waals surface area contributed by atoms with Crippen LogP contribution in [0.5, 0.6) is 5.75 Å². The zero-order valence-electron chi connectivity index (χ0n) is 13.9. The van der Waals surface area contributed by atoms with Crippen molar-refractivity contribution in [1.82, 2.24) is 0 Å². The summed E-state index contributed by atoms with van der Waals surface area (Å²) in [5.41, 5.74) is 0.629. The van der Waals surface area contributed by atoms with E-state index in [4.69, 9.17) is 21.1 Å². The zero-order valence-corrected chi connectivity index (χ0v) is 14.7. The fraction of sp³-hybridized carbons (Fsp3) is 0.611. The molecule has 0 aliphatic carbocycles. The number of carbonyl (C=O) groups is 1. The van der Waals surface area contributed by atoms with Crippen LogP contribution in [-0.2, 0) is 9.53 Å². The summed E-state index contributed by atoms with van der Waals surface area (Å²) in [5, 5.41) is 3.50. The van der Waals surface area contributed by atoms with Gasteiger partial charge in [0, 0.05) is 18.1 Å². The molecule has 2 rings (SSSR count). The number of anilines is 1. The Bertz CT molecular complexity index is 515. The summed E-state index contributed by atoms with van der Waals surface area (Å²) in [5.74, 6) is 1.01. The van der Waals surface area contributed by atoms with Gasteiger partial charge >= 0.3 is 0 Å². The molecule has 4 nitrogen and oxygen atoms in total. The highest BCUT2D eigenvalue weighted by molar-refractivity contribution is 6.31. The molecule has 23 heavy (non-hydrogen) atoms. The molecule has 1 N–H and O–H groups in total. The molecular formula is C18H26ClNO3. The first-order valence-electron chi connectivity index (χ1n) is 8.42. The smallest absolute Gasteiger partial charge is 0.224 e. The monoisotopic (exact) mass is 339 g/mol. The fourth-order valence-electron chi connectivity index (χ4n) is 2.80. The molecule has 5 heteroatoms. The fourth-order valence-corrected chi connectivity index (χ4v) is 2.97. The van der Waals surface area contributed by atoms with Gasteiger partial charge in [0.25, 0.3) is 0 Å². The summed E-state index contributed by atoms with van der Waals surface area (Å²) in [7, 11) is 0. The van der Waals surface area contributed by atoms with Gasteiger partial charge < -0.3 is 14.8 Å². The van der Waals surface area contributed by atoms with Crippen LogP contribution >= 0.6 is 11.6 Å². The molecule has 0 aromatic heterocycles. The molecular weight excluding hydrogens is 314 g/mol. The number of halogens is 1. The van der Waals surface area contributed by atoms with Gasteiger partial charge in [0.15, 0.2) is 0 Å². The van der Waals surface area contributed by atoms with Gasteiger partial charge in [0.2, 0.25) is 5.91 Å². The third-order valence-corrected chi connectivity index (χ3v) is 4.21. The van der Waals surface area contributed by atoms with Gasteiger partial charge in [-0.1, -0.05) is 38.3 Å². The summed E-state index contributed by atoms with van der Waals surface area (Å²) in [6.07, 6.45) is 4.87. The van der Waals surface area contributed by atoms with Gasteiger partial charge in [0.05, 0.1) is 11.8 Å². The average Bonchev–Trinajstić information content (AvgIpc) is 2.99. The van der Waals surface area contributed by atoms with Crippen LogP contribution < -0.4 is 10.1 Å². The first-order chi connectivity index (χ1) is 11.1. The van der Waals surface area contributed by atoms with Crippen molar-refractivity contribution in [1.29, 1.82) is 0 Å². The van der Waals surface area contributed by atoms with E-state index in [-0.39, 0.29) is 12.0 Å². The maximum absolute atomic E-state index is 12.2. The third kappa shape index (κ3) is 6.04. The molecule has 1 aliphatic heterocycles. The second kappa shape index (κ2) is 9.14. The van der Waals surface area contributed by atoms with E-state index in [1.54, 1.807) is 18.2 Å². The molecule has 1 aliphatic rings. The third-order valence-electron chi connectivity index (χ3n) is 3.98. The predicted octanol–water partition coefficient (Wildman–Crippen LogP) is 4.66. The van der Waals surface area contributed by atoms with Crippen LogP contribution in [0.4, 0.5) is 5.69 Å². The number of hydrogen-bond donors (Lipinski definition) is 1. The molecule has 0 saturated carbocycles. The molecule has 1 aromatic rings.